The molecule has 0 radical (unpaired) electrons. The first-order valence-electron chi connectivity index (χ1n) is 4.10. The van der Waals surface area contributed by atoms with E-state index >= 15 is 0 Å². The van der Waals surface area contributed by atoms with Crippen LogP contribution in [0.15, 0.2) is 4.34 Å². The number of hydrogen-bond acceptors (Lipinski definition) is 8. The molecule has 7 nitrogen and oxygen atoms in total. The molecule has 0 aliphatic carbocycles. The smallest absolute Gasteiger partial charge is 0.325 e. The standard InChI is InChI=1S/C7H9N3O4S2/c1-14-5(13)2-8-6-9-10-7(16-6)15-3-4(11)12/h2-3H2,1H3,(H,8,9)(H,11,12). The number of aromatic nitrogens is 2. The maximum Gasteiger partial charge on any atom is 0.325 e. The monoisotopic (exact) mass is 263 g/mol. The Labute approximate surface area is 99.2 Å². The molecule has 0 unspecified atom stereocenters. The minimum atomic E-state index is -0.913. The van der Waals surface area contributed by atoms with E-state index in [1.165, 1.54) is 18.4 Å². The quantitative estimate of drug-likeness (QED) is 0.558. The minimum Gasteiger partial charge on any atom is -0.481 e. The van der Waals surface area contributed by atoms with Gasteiger partial charge in [0.05, 0.1) is 12.9 Å². The number of nitrogens with zero attached hydrogens (tertiary/aromatic N) is 2. The summed E-state index contributed by atoms with van der Waals surface area (Å²) in [6.45, 7) is 0.00866. The molecule has 0 aliphatic rings. The Hall–Kier alpha value is -1.35. The van der Waals surface area contributed by atoms with Crippen molar-refractivity contribution in [3.63, 3.8) is 0 Å². The van der Waals surface area contributed by atoms with Gasteiger partial charge in [0.15, 0.2) is 4.34 Å². The summed E-state index contributed by atoms with van der Waals surface area (Å²) < 4.78 is 4.97. The van der Waals surface area contributed by atoms with Crippen molar-refractivity contribution in [2.24, 2.45) is 0 Å². The first-order chi connectivity index (χ1) is 7.61. The molecule has 1 aromatic heterocycles. The number of aliphatic carboxylic acids is 1. The van der Waals surface area contributed by atoms with Crippen LogP contribution in [0.1, 0.15) is 0 Å². The fourth-order valence-electron chi connectivity index (χ4n) is 0.683. The Morgan fingerprint density at radius 2 is 2.31 bits per heavy atom. The number of rotatable bonds is 6. The number of carbonyl (C=O) groups is 2. The molecular weight excluding hydrogens is 254 g/mol. The summed E-state index contributed by atoms with van der Waals surface area (Å²) in [4.78, 5) is 21.1. The lowest BCUT2D eigenvalue weighted by Gasteiger charge is -1.98. The van der Waals surface area contributed by atoms with Crippen molar-refractivity contribution < 1.29 is 19.4 Å². The van der Waals surface area contributed by atoms with E-state index in [4.69, 9.17) is 5.11 Å². The zero-order valence-electron chi connectivity index (χ0n) is 8.30. The van der Waals surface area contributed by atoms with Crippen LogP contribution >= 0.6 is 23.1 Å². The Balaban J connectivity index is 2.39. The third-order valence-corrected chi connectivity index (χ3v) is 3.34. The van der Waals surface area contributed by atoms with Crippen LogP contribution in [0.25, 0.3) is 0 Å². The highest BCUT2D eigenvalue weighted by atomic mass is 32.2. The number of carbonyl (C=O) groups excluding carboxylic acids is 1. The molecule has 16 heavy (non-hydrogen) atoms. The normalized spacial score (nSPS) is 9.81. The molecule has 0 atom stereocenters. The molecule has 0 fully saturated rings. The molecule has 2 N–H and O–H groups in total. The van der Waals surface area contributed by atoms with E-state index in [1.54, 1.807) is 0 Å². The molecule has 9 heteroatoms. The highest BCUT2D eigenvalue weighted by Crippen LogP contribution is 2.24. The van der Waals surface area contributed by atoms with Crippen LogP contribution in [0, 0.1) is 0 Å². The number of nitrogens with one attached hydrogen (secondary N) is 1. The average molecular weight is 263 g/mol. The third kappa shape index (κ3) is 4.45. The number of ether oxygens (including phenoxy) is 1. The molecule has 88 valence electrons. The van der Waals surface area contributed by atoms with Gasteiger partial charge in [-0.1, -0.05) is 23.1 Å². The van der Waals surface area contributed by atoms with E-state index in [1.807, 2.05) is 0 Å². The van der Waals surface area contributed by atoms with Crippen molar-refractivity contribution in [3.05, 3.63) is 0 Å². The maximum absolute atomic E-state index is 10.8. The van der Waals surface area contributed by atoms with Gasteiger partial charge in [-0.05, 0) is 0 Å². The summed E-state index contributed by atoms with van der Waals surface area (Å²) in [5.74, 6) is -1.38. The Morgan fingerprint density at radius 1 is 1.56 bits per heavy atom. The molecule has 0 amide bonds. The summed E-state index contributed by atoms with van der Waals surface area (Å²) in [7, 11) is 1.29. The number of carboxylic acid groups (broad SMARTS) is 1. The van der Waals surface area contributed by atoms with Gasteiger partial charge in [0, 0.05) is 0 Å². The van der Waals surface area contributed by atoms with E-state index in [9.17, 15) is 9.59 Å². The van der Waals surface area contributed by atoms with Crippen molar-refractivity contribution in [2.45, 2.75) is 4.34 Å². The van der Waals surface area contributed by atoms with Crippen LogP contribution < -0.4 is 5.32 Å². The molecule has 0 bridgehead atoms. The van der Waals surface area contributed by atoms with Gasteiger partial charge in [0.25, 0.3) is 0 Å². The van der Waals surface area contributed by atoms with Crippen molar-refractivity contribution in [3.8, 4) is 0 Å². The molecule has 0 saturated carbocycles. The highest BCUT2D eigenvalue weighted by molar-refractivity contribution is 8.01. The zero-order chi connectivity index (χ0) is 12.0. The van der Waals surface area contributed by atoms with E-state index in [0.29, 0.717) is 9.47 Å². The SMILES string of the molecule is COC(=O)CNc1nnc(SCC(=O)O)s1. The number of esters is 1. The molecule has 0 aliphatic heterocycles. The second kappa shape index (κ2) is 6.28. The summed E-state index contributed by atoms with van der Waals surface area (Å²) in [5.41, 5.74) is 0. The largest absolute Gasteiger partial charge is 0.481 e. The summed E-state index contributed by atoms with van der Waals surface area (Å²) in [6, 6.07) is 0. The first-order valence-corrected chi connectivity index (χ1v) is 5.91. The minimum absolute atomic E-state index is 0.00866. The van der Waals surface area contributed by atoms with E-state index in [0.717, 1.165) is 11.8 Å². The molecule has 0 saturated heterocycles. The number of carboxylic acids is 1. The average Bonchev–Trinajstić information content (AvgIpc) is 2.71. The first kappa shape index (κ1) is 12.7. The highest BCUT2D eigenvalue weighted by Gasteiger charge is 2.08. The molecule has 1 heterocycles. The Morgan fingerprint density at radius 3 is 2.94 bits per heavy atom. The van der Waals surface area contributed by atoms with Crippen molar-refractivity contribution >= 4 is 40.2 Å². The number of methoxy groups -OCH3 is 1. The van der Waals surface area contributed by atoms with Crippen molar-refractivity contribution in [1.82, 2.24) is 10.2 Å². The zero-order valence-corrected chi connectivity index (χ0v) is 9.93. The number of thioether (sulfide) groups is 1. The number of hydrogen-bond donors (Lipinski definition) is 2. The Bertz CT molecular complexity index is 381. The van der Waals surface area contributed by atoms with Gasteiger partial charge in [-0.3, -0.25) is 9.59 Å². The maximum atomic E-state index is 10.8. The van der Waals surface area contributed by atoms with Gasteiger partial charge < -0.3 is 15.2 Å². The second-order valence-corrected chi connectivity index (χ2v) is 4.69. The summed E-state index contributed by atoms with van der Waals surface area (Å²) >= 11 is 2.26. The van der Waals surface area contributed by atoms with Crippen LogP contribution in [0.4, 0.5) is 5.13 Å². The van der Waals surface area contributed by atoms with Crippen molar-refractivity contribution in [1.29, 1.82) is 0 Å². The van der Waals surface area contributed by atoms with Crippen LogP contribution in [-0.2, 0) is 14.3 Å². The van der Waals surface area contributed by atoms with Crippen LogP contribution in [0.5, 0.6) is 0 Å². The van der Waals surface area contributed by atoms with Gasteiger partial charge in [0.1, 0.15) is 6.54 Å². The molecule has 0 spiro atoms. The lowest BCUT2D eigenvalue weighted by Crippen LogP contribution is -2.14. The van der Waals surface area contributed by atoms with E-state index < -0.39 is 11.9 Å². The van der Waals surface area contributed by atoms with Gasteiger partial charge in [-0.2, -0.15) is 0 Å². The summed E-state index contributed by atoms with van der Waals surface area (Å²) in [5, 5.41) is 19.1. The lowest BCUT2D eigenvalue weighted by molar-refractivity contribution is -0.138. The molecular formula is C7H9N3O4S2. The predicted octanol–water partition coefficient (Wildman–Crippen LogP) is 0.300. The predicted molar refractivity (Wildman–Crippen MR) is 58.8 cm³/mol. The third-order valence-electron chi connectivity index (χ3n) is 1.34. The molecule has 0 aromatic carbocycles. The summed E-state index contributed by atoms with van der Waals surface area (Å²) in [6.07, 6.45) is 0. The fraction of sp³-hybridized carbons (Fsp3) is 0.429. The van der Waals surface area contributed by atoms with Crippen LogP contribution in [-0.4, -0.2) is 46.6 Å². The van der Waals surface area contributed by atoms with E-state index in [2.05, 4.69) is 20.3 Å². The molecule has 1 aromatic rings. The topological polar surface area (TPSA) is 101 Å². The van der Waals surface area contributed by atoms with Gasteiger partial charge in [0.2, 0.25) is 5.13 Å². The second-order valence-electron chi connectivity index (χ2n) is 2.49. The van der Waals surface area contributed by atoms with Gasteiger partial charge in [-0.15, -0.1) is 10.2 Å². The van der Waals surface area contributed by atoms with Gasteiger partial charge in [-0.25, -0.2) is 0 Å². The van der Waals surface area contributed by atoms with Crippen molar-refractivity contribution in [2.75, 3.05) is 24.7 Å². The fourth-order valence-corrected chi connectivity index (χ4v) is 2.15. The van der Waals surface area contributed by atoms with Crippen LogP contribution in [0.3, 0.4) is 0 Å². The lowest BCUT2D eigenvalue weighted by atomic mass is 10.7. The van der Waals surface area contributed by atoms with Crippen LogP contribution in [0.2, 0.25) is 0 Å². The van der Waals surface area contributed by atoms with Gasteiger partial charge >= 0.3 is 11.9 Å². The Kier molecular flexibility index (Phi) is 4.99. The molecule has 1 rings (SSSR count). The van der Waals surface area contributed by atoms with E-state index in [-0.39, 0.29) is 12.3 Å². The number of anilines is 1.